The lowest BCUT2D eigenvalue weighted by atomic mass is 10.1. The molecule has 96 valence electrons. The summed E-state index contributed by atoms with van der Waals surface area (Å²) < 4.78 is 59.4. The molecule has 0 radical (unpaired) electrons. The minimum atomic E-state index is -4.87. The average molecular weight is 267 g/mol. The van der Waals surface area contributed by atoms with Crippen molar-refractivity contribution >= 4 is 10.4 Å². The van der Waals surface area contributed by atoms with Gasteiger partial charge < -0.3 is 19.1 Å². The Bertz CT molecular complexity index is 569. The van der Waals surface area contributed by atoms with Gasteiger partial charge in [-0.05, 0) is 17.7 Å². The van der Waals surface area contributed by atoms with Crippen LogP contribution in [0, 0.1) is 0 Å². The number of methoxy groups -OCH3 is 1. The molecule has 17 heavy (non-hydrogen) atoms. The molecule has 7 nitrogen and oxygen atoms in total. The molecule has 0 heterocycles. The third kappa shape index (κ3) is 3.86. The van der Waals surface area contributed by atoms with Crippen LogP contribution in [-0.4, -0.2) is 36.8 Å². The van der Waals surface area contributed by atoms with Crippen molar-refractivity contribution < 1.29 is 36.2 Å². The molecule has 1 unspecified atom stereocenters. The molecule has 8 heteroatoms. The van der Waals surface area contributed by atoms with E-state index in [2.05, 4.69) is 8.92 Å². The van der Waals surface area contributed by atoms with Crippen molar-refractivity contribution in [2.75, 3.05) is 13.6 Å². The number of benzene rings is 1. The standard InChI is InChI=1S/C9H12O7S/c1-15-9-4-6(7(11)5-10)2-3-8(9)16-17(12,13)14/h2-4,7,10-11H,5H2,1H3,(H,12,13,14)/i1D3. The van der Waals surface area contributed by atoms with Crippen LogP contribution in [-0.2, 0) is 10.4 Å². The van der Waals surface area contributed by atoms with Crippen LogP contribution < -0.4 is 8.92 Å². The van der Waals surface area contributed by atoms with Crippen LogP contribution in [0.2, 0.25) is 0 Å². The minimum absolute atomic E-state index is 0.0782. The molecule has 0 aliphatic heterocycles. The molecule has 1 aromatic carbocycles. The summed E-state index contributed by atoms with van der Waals surface area (Å²) in [4.78, 5) is 0. The number of aliphatic hydroxyl groups is 2. The summed E-state index contributed by atoms with van der Waals surface area (Å²) in [5, 5.41) is 18.2. The van der Waals surface area contributed by atoms with E-state index in [0.717, 1.165) is 12.1 Å². The van der Waals surface area contributed by atoms with Gasteiger partial charge in [-0.1, -0.05) is 6.07 Å². The Morgan fingerprint density at radius 2 is 2.18 bits per heavy atom. The van der Waals surface area contributed by atoms with Crippen LogP contribution in [0.25, 0.3) is 0 Å². The highest BCUT2D eigenvalue weighted by Gasteiger charge is 2.15. The zero-order valence-corrected chi connectivity index (χ0v) is 9.22. The molecular weight excluding hydrogens is 252 g/mol. The zero-order chi connectivity index (χ0) is 15.6. The SMILES string of the molecule is [2H]C([2H])([2H])Oc1cc(C(O)CO)ccc1OS(=O)(=O)O. The smallest absolute Gasteiger partial charge is 0.446 e. The van der Waals surface area contributed by atoms with Gasteiger partial charge in [0.25, 0.3) is 0 Å². The molecular formula is C9H12O7S. The Balaban J connectivity index is 3.23. The van der Waals surface area contributed by atoms with Crippen LogP contribution >= 0.6 is 0 Å². The van der Waals surface area contributed by atoms with Gasteiger partial charge in [-0.2, -0.15) is 8.42 Å². The fourth-order valence-corrected chi connectivity index (χ4v) is 1.46. The van der Waals surface area contributed by atoms with E-state index in [1.807, 2.05) is 0 Å². The maximum atomic E-state index is 10.6. The Labute approximate surface area is 102 Å². The Kier molecular flexibility index (Phi) is 3.02. The maximum Gasteiger partial charge on any atom is 0.446 e. The Morgan fingerprint density at radius 1 is 1.47 bits per heavy atom. The number of hydrogen-bond donors (Lipinski definition) is 3. The molecule has 0 saturated carbocycles. The van der Waals surface area contributed by atoms with Crippen LogP contribution in [0.15, 0.2) is 18.2 Å². The number of hydrogen-bond acceptors (Lipinski definition) is 6. The molecule has 0 bridgehead atoms. The van der Waals surface area contributed by atoms with E-state index in [9.17, 15) is 13.5 Å². The van der Waals surface area contributed by atoms with Gasteiger partial charge in [0.1, 0.15) is 6.10 Å². The summed E-state index contributed by atoms with van der Waals surface area (Å²) in [5.74, 6) is -1.11. The Morgan fingerprint density at radius 3 is 2.71 bits per heavy atom. The highest BCUT2D eigenvalue weighted by atomic mass is 32.3. The topological polar surface area (TPSA) is 113 Å². The van der Waals surface area contributed by atoms with E-state index >= 15 is 0 Å². The van der Waals surface area contributed by atoms with E-state index in [4.69, 9.17) is 13.8 Å². The van der Waals surface area contributed by atoms with Crippen molar-refractivity contribution in [3.63, 3.8) is 0 Å². The third-order valence-corrected chi connectivity index (χ3v) is 2.22. The molecule has 0 fully saturated rings. The van der Waals surface area contributed by atoms with Gasteiger partial charge in [0.05, 0.1) is 17.8 Å². The molecule has 0 aliphatic carbocycles. The van der Waals surface area contributed by atoms with Gasteiger partial charge in [-0.25, -0.2) is 0 Å². The van der Waals surface area contributed by atoms with Gasteiger partial charge in [0.15, 0.2) is 11.5 Å². The van der Waals surface area contributed by atoms with E-state index in [-0.39, 0.29) is 5.56 Å². The lowest BCUT2D eigenvalue weighted by Crippen LogP contribution is -2.08. The van der Waals surface area contributed by atoms with Crippen LogP contribution in [0.5, 0.6) is 11.5 Å². The molecule has 0 aliphatic rings. The first-order valence-electron chi connectivity index (χ1n) is 5.80. The second kappa shape index (κ2) is 5.32. The van der Waals surface area contributed by atoms with Crippen molar-refractivity contribution in [2.45, 2.75) is 6.10 Å². The van der Waals surface area contributed by atoms with Crippen molar-refractivity contribution in [1.29, 1.82) is 0 Å². The lowest BCUT2D eigenvalue weighted by Gasteiger charge is -2.12. The average Bonchev–Trinajstić information content (AvgIpc) is 2.26. The summed E-state index contributed by atoms with van der Waals surface area (Å²) >= 11 is 0. The van der Waals surface area contributed by atoms with Crippen LogP contribution in [0.3, 0.4) is 0 Å². The predicted octanol–water partition coefficient (Wildman–Crippen LogP) is -0.0975. The van der Waals surface area contributed by atoms with Crippen molar-refractivity contribution in [3.8, 4) is 11.5 Å². The van der Waals surface area contributed by atoms with Gasteiger partial charge in [-0.3, -0.25) is 4.55 Å². The fourth-order valence-electron chi connectivity index (χ4n) is 1.10. The summed E-state index contributed by atoms with van der Waals surface area (Å²) in [6.07, 6.45) is -1.31. The molecule has 3 N–H and O–H groups in total. The number of rotatable bonds is 5. The highest BCUT2D eigenvalue weighted by Crippen LogP contribution is 2.31. The lowest BCUT2D eigenvalue weighted by molar-refractivity contribution is 0.0954. The second-order valence-electron chi connectivity index (χ2n) is 3.02. The van der Waals surface area contributed by atoms with E-state index < -0.39 is 41.6 Å². The van der Waals surface area contributed by atoms with E-state index in [1.165, 1.54) is 6.07 Å². The van der Waals surface area contributed by atoms with Gasteiger partial charge in [0, 0.05) is 0 Å². The second-order valence-corrected chi connectivity index (χ2v) is 4.04. The maximum absolute atomic E-state index is 10.6. The third-order valence-electron chi connectivity index (χ3n) is 1.83. The largest absolute Gasteiger partial charge is 0.493 e. The first-order chi connectivity index (χ1) is 9.02. The van der Waals surface area contributed by atoms with Gasteiger partial charge in [-0.15, -0.1) is 0 Å². The summed E-state index contributed by atoms with van der Waals surface area (Å²) in [6, 6.07) is 3.13. The molecule has 0 saturated heterocycles. The first kappa shape index (κ1) is 9.66. The van der Waals surface area contributed by atoms with E-state index in [1.54, 1.807) is 0 Å². The Hall–Kier alpha value is -1.35. The minimum Gasteiger partial charge on any atom is -0.493 e. The molecule has 0 spiro atoms. The van der Waals surface area contributed by atoms with Crippen LogP contribution in [0.4, 0.5) is 0 Å². The molecule has 0 aromatic heterocycles. The van der Waals surface area contributed by atoms with Crippen LogP contribution in [0.1, 0.15) is 15.8 Å². The first-order valence-corrected chi connectivity index (χ1v) is 5.67. The van der Waals surface area contributed by atoms with Crippen molar-refractivity contribution in [2.24, 2.45) is 0 Å². The molecule has 0 amide bonds. The normalized spacial score (nSPS) is 16.5. The molecule has 1 rings (SSSR count). The highest BCUT2D eigenvalue weighted by molar-refractivity contribution is 7.81. The summed E-state index contributed by atoms with van der Waals surface area (Å²) in [6.45, 7) is -0.633. The number of aliphatic hydroxyl groups excluding tert-OH is 2. The number of ether oxygens (including phenoxy) is 1. The van der Waals surface area contributed by atoms with E-state index in [0.29, 0.717) is 0 Å². The summed E-state index contributed by atoms with van der Waals surface area (Å²) in [5.41, 5.74) is 0.0782. The quantitative estimate of drug-likeness (QED) is 0.638. The van der Waals surface area contributed by atoms with Gasteiger partial charge in [0.2, 0.25) is 0 Å². The predicted molar refractivity (Wildman–Crippen MR) is 57.2 cm³/mol. The van der Waals surface area contributed by atoms with Gasteiger partial charge >= 0.3 is 10.4 Å². The van der Waals surface area contributed by atoms with Crippen molar-refractivity contribution in [3.05, 3.63) is 23.8 Å². The molecule has 1 aromatic rings. The zero-order valence-electron chi connectivity index (χ0n) is 11.4. The summed E-state index contributed by atoms with van der Waals surface area (Å²) in [7, 11) is -7.77. The molecule has 1 atom stereocenters. The monoisotopic (exact) mass is 267 g/mol. The fraction of sp³-hybridized carbons (Fsp3) is 0.333. The van der Waals surface area contributed by atoms with Crippen molar-refractivity contribution in [1.82, 2.24) is 0 Å².